The molecule has 46 heavy (non-hydrogen) atoms. The van der Waals surface area contributed by atoms with Crippen LogP contribution >= 0.6 is 15.9 Å². The number of allylic oxidation sites excluding steroid dienone is 2. The van der Waals surface area contributed by atoms with Crippen molar-refractivity contribution in [3.63, 3.8) is 0 Å². The van der Waals surface area contributed by atoms with E-state index in [4.69, 9.17) is 29.3 Å². The highest BCUT2D eigenvalue weighted by molar-refractivity contribution is 9.10. The Balaban J connectivity index is 1.86. The number of aliphatic hydroxyl groups is 1. The van der Waals surface area contributed by atoms with Crippen molar-refractivity contribution in [2.75, 3.05) is 19.5 Å². The fraction of sp³-hybridized carbons (Fsp3) is 0.412. The van der Waals surface area contributed by atoms with E-state index in [9.17, 15) is 19.5 Å². The Morgan fingerprint density at radius 3 is 2.57 bits per heavy atom. The Hall–Kier alpha value is -3.84. The van der Waals surface area contributed by atoms with Crippen LogP contribution in [0.2, 0.25) is 0 Å². The summed E-state index contributed by atoms with van der Waals surface area (Å²) in [5.41, 5.74) is 7.83. The molecule has 1 aromatic rings. The van der Waals surface area contributed by atoms with Crippen molar-refractivity contribution < 1.29 is 33.3 Å². The summed E-state index contributed by atoms with van der Waals surface area (Å²) in [6.07, 6.45) is 3.03. The van der Waals surface area contributed by atoms with Gasteiger partial charge in [0.1, 0.15) is 17.3 Å². The zero-order chi connectivity index (χ0) is 33.7. The van der Waals surface area contributed by atoms with Crippen LogP contribution in [0.1, 0.15) is 39.7 Å². The van der Waals surface area contributed by atoms with Crippen molar-refractivity contribution in [1.82, 2.24) is 4.98 Å². The molecule has 0 spiro atoms. The first-order chi connectivity index (χ1) is 21.8. The largest absolute Gasteiger partial charge is 0.452 e. The molecule has 0 fully saturated rings. The van der Waals surface area contributed by atoms with E-state index in [2.05, 4.69) is 21.2 Å². The van der Waals surface area contributed by atoms with Gasteiger partial charge in [0.05, 0.1) is 17.9 Å². The second kappa shape index (κ2) is 15.2. The van der Waals surface area contributed by atoms with E-state index in [0.717, 1.165) is 4.47 Å². The second-order valence-corrected chi connectivity index (χ2v) is 12.6. The fourth-order valence-corrected chi connectivity index (χ4v) is 6.01. The van der Waals surface area contributed by atoms with Crippen molar-refractivity contribution in [2.24, 2.45) is 17.6 Å². The molecule has 0 aromatic heterocycles. The number of halogens is 1. The van der Waals surface area contributed by atoms with Gasteiger partial charge < -0.3 is 34.8 Å². The normalized spacial score (nSPS) is 28.1. The number of hydrogen-bond donors (Lipinski definition) is 3. The van der Waals surface area contributed by atoms with Crippen LogP contribution in [-0.2, 0) is 25.4 Å². The molecule has 2 bridgehead atoms. The van der Waals surface area contributed by atoms with Crippen LogP contribution in [0, 0.1) is 11.8 Å². The van der Waals surface area contributed by atoms with Crippen molar-refractivity contribution in [2.45, 2.75) is 65.0 Å². The van der Waals surface area contributed by atoms with Gasteiger partial charge in [0.2, 0.25) is 5.43 Å². The molecule has 3 aliphatic rings. The van der Waals surface area contributed by atoms with Gasteiger partial charge in [0.25, 0.3) is 5.91 Å². The number of amides is 2. The standard InChI is InChI=1S/C34H40BrN3O8/c1-17-12-22-30(40)24(16-25-32(22)45-27-15-21(35)10-11-23(27)37-25)38-33(41)18(2)8-7-9-26(43-5)31(46-34(36)42)20(4)14-19(3)29(39)28(13-17)44-6/h7-11,14-17,19,26,28-29,31,39H,12-13H2,1-6H3,(H2,36,42)(H,38,41)/b9-7-,18-8+,20-14+/t17?,19-,26-,28?,29-,31+/m1/s1. The Morgan fingerprint density at radius 1 is 1.15 bits per heavy atom. The van der Waals surface area contributed by atoms with Gasteiger partial charge in [-0.2, -0.15) is 0 Å². The van der Waals surface area contributed by atoms with Gasteiger partial charge in [-0.15, -0.1) is 0 Å². The third-order valence-corrected chi connectivity index (χ3v) is 8.63. The van der Waals surface area contributed by atoms with E-state index in [0.29, 0.717) is 45.7 Å². The molecule has 11 nitrogen and oxygen atoms in total. The van der Waals surface area contributed by atoms with Gasteiger partial charge in [0, 0.05) is 35.7 Å². The summed E-state index contributed by atoms with van der Waals surface area (Å²) in [4.78, 5) is 43.7. The molecule has 2 aliphatic heterocycles. The molecule has 0 saturated carbocycles. The lowest BCUT2D eigenvalue weighted by molar-refractivity contribution is -0.112. The van der Waals surface area contributed by atoms with E-state index in [-0.39, 0.29) is 23.5 Å². The van der Waals surface area contributed by atoms with Crippen LogP contribution in [0.25, 0.3) is 22.6 Å². The summed E-state index contributed by atoms with van der Waals surface area (Å²) in [7, 11) is 2.97. The number of rotatable bonds is 3. The number of hydrogen-bond acceptors (Lipinski definition) is 9. The number of aromatic nitrogens is 1. The molecule has 2 unspecified atom stereocenters. The number of ether oxygens (including phenoxy) is 3. The maximum Gasteiger partial charge on any atom is 0.405 e. The number of methoxy groups -OCH3 is 2. The lowest BCUT2D eigenvalue weighted by Crippen LogP contribution is -2.37. The number of fused-ring (bicyclic) bond motifs is 5. The molecular weight excluding hydrogens is 658 g/mol. The SMILES string of the molecule is COC1CC(C)Cc2c3oc4cc(Br)ccc4nc-3cc(c2=O)NC(=O)/C(C)=C/C=C\[C@@H](OC)[C@@H](OC(N)=O)/C(C)=C/[C@@H](C)[C@H]1O. The summed E-state index contributed by atoms with van der Waals surface area (Å²) in [5.74, 6) is -0.754. The van der Waals surface area contributed by atoms with E-state index in [1.54, 1.807) is 50.3 Å². The lowest BCUT2D eigenvalue weighted by atomic mass is 9.87. The number of benzene rings is 2. The first kappa shape index (κ1) is 35.0. The number of aliphatic hydroxyl groups excluding tert-OH is 1. The third-order valence-electron chi connectivity index (χ3n) is 8.13. The Morgan fingerprint density at radius 2 is 1.89 bits per heavy atom. The molecule has 246 valence electrons. The average molecular weight is 699 g/mol. The molecule has 4 N–H and O–H groups in total. The maximum atomic E-state index is 13.9. The topological polar surface area (TPSA) is 163 Å². The van der Waals surface area contributed by atoms with Gasteiger partial charge in [-0.05, 0) is 62.4 Å². The lowest BCUT2D eigenvalue weighted by Gasteiger charge is -2.29. The minimum atomic E-state index is -0.987. The van der Waals surface area contributed by atoms with Gasteiger partial charge in [0.15, 0.2) is 17.4 Å². The number of carbonyl (C=O) groups excluding carboxylic acids is 2. The Kier molecular flexibility index (Phi) is 11.5. The molecule has 12 heteroatoms. The molecule has 6 atom stereocenters. The highest BCUT2D eigenvalue weighted by Gasteiger charge is 2.30. The predicted molar refractivity (Wildman–Crippen MR) is 179 cm³/mol. The van der Waals surface area contributed by atoms with Gasteiger partial charge >= 0.3 is 6.09 Å². The first-order valence-electron chi connectivity index (χ1n) is 14.9. The number of anilines is 1. The fourth-order valence-electron chi connectivity index (χ4n) is 5.67. The molecular formula is C34H40BrN3O8. The Bertz CT molecular complexity index is 1710. The molecule has 1 aromatic carbocycles. The minimum Gasteiger partial charge on any atom is -0.452 e. The smallest absolute Gasteiger partial charge is 0.405 e. The van der Waals surface area contributed by atoms with Crippen molar-refractivity contribution in [3.8, 4) is 11.5 Å². The van der Waals surface area contributed by atoms with Gasteiger partial charge in [-0.1, -0.05) is 54.1 Å². The number of nitrogens with two attached hydrogens (primary N) is 1. The molecule has 0 radical (unpaired) electrons. The number of nitrogens with zero attached hydrogens (tertiary/aromatic N) is 1. The van der Waals surface area contributed by atoms with Crippen LogP contribution < -0.4 is 16.5 Å². The average Bonchev–Trinajstić information content (AvgIpc) is 3.01. The van der Waals surface area contributed by atoms with Crippen LogP contribution in [0.15, 0.2) is 73.4 Å². The van der Waals surface area contributed by atoms with Crippen molar-refractivity contribution in [1.29, 1.82) is 0 Å². The zero-order valence-corrected chi connectivity index (χ0v) is 28.3. The monoisotopic (exact) mass is 697 g/mol. The van der Waals surface area contributed by atoms with E-state index >= 15 is 0 Å². The summed E-state index contributed by atoms with van der Waals surface area (Å²) >= 11 is 3.46. The number of primary amides is 1. The minimum absolute atomic E-state index is 0.0648. The Labute approximate surface area is 276 Å². The predicted octanol–water partition coefficient (Wildman–Crippen LogP) is 5.52. The number of carbonyl (C=O) groups is 2. The van der Waals surface area contributed by atoms with Gasteiger partial charge in [-0.3, -0.25) is 9.59 Å². The van der Waals surface area contributed by atoms with Crippen LogP contribution in [0.5, 0.6) is 0 Å². The quantitative estimate of drug-likeness (QED) is 0.236. The molecule has 4 rings (SSSR count). The van der Waals surface area contributed by atoms with Gasteiger partial charge in [-0.25, -0.2) is 9.78 Å². The van der Waals surface area contributed by atoms with Crippen LogP contribution in [0.4, 0.5) is 10.5 Å². The van der Waals surface area contributed by atoms with Crippen molar-refractivity contribution >= 4 is 44.7 Å². The maximum absolute atomic E-state index is 13.9. The van der Waals surface area contributed by atoms with E-state index in [1.165, 1.54) is 20.3 Å². The molecule has 0 saturated heterocycles. The second-order valence-electron chi connectivity index (χ2n) is 11.7. The summed E-state index contributed by atoms with van der Waals surface area (Å²) in [6, 6.07) is 6.94. The first-order valence-corrected chi connectivity index (χ1v) is 15.7. The molecule has 2 heterocycles. The highest BCUT2D eigenvalue weighted by atomic mass is 79.9. The van der Waals surface area contributed by atoms with Crippen molar-refractivity contribution in [3.05, 3.63) is 80.0 Å². The number of nitrogens with one attached hydrogen (secondary N) is 1. The van der Waals surface area contributed by atoms with Crippen LogP contribution in [0.3, 0.4) is 0 Å². The third kappa shape index (κ3) is 8.11. The highest BCUT2D eigenvalue weighted by Crippen LogP contribution is 2.33. The van der Waals surface area contributed by atoms with E-state index < -0.39 is 42.3 Å². The van der Waals surface area contributed by atoms with Crippen LogP contribution in [-0.4, -0.2) is 60.7 Å². The summed E-state index contributed by atoms with van der Waals surface area (Å²) in [6.45, 7) is 7.14. The zero-order valence-electron chi connectivity index (χ0n) is 26.7. The van der Waals surface area contributed by atoms with E-state index in [1.807, 2.05) is 19.9 Å². The summed E-state index contributed by atoms with van der Waals surface area (Å²) < 4.78 is 23.8. The summed E-state index contributed by atoms with van der Waals surface area (Å²) in [5, 5.41) is 14.1. The molecule has 1 aliphatic carbocycles. The molecule has 2 amide bonds.